The number of nitrogens with zero attached hydrogens (tertiary/aromatic N) is 2. The van der Waals surface area contributed by atoms with Crippen molar-refractivity contribution < 1.29 is 18.3 Å². The van der Waals surface area contributed by atoms with Crippen molar-refractivity contribution in [2.24, 2.45) is 5.92 Å². The van der Waals surface area contributed by atoms with Gasteiger partial charge < -0.3 is 10.0 Å². The van der Waals surface area contributed by atoms with Gasteiger partial charge in [-0.25, -0.2) is 13.2 Å². The van der Waals surface area contributed by atoms with Gasteiger partial charge in [-0.05, 0) is 74.5 Å². The molecule has 5 rings (SSSR count). The van der Waals surface area contributed by atoms with E-state index in [0.29, 0.717) is 10.8 Å². The highest BCUT2D eigenvalue weighted by Crippen LogP contribution is 2.38. The predicted molar refractivity (Wildman–Crippen MR) is 121 cm³/mol. The van der Waals surface area contributed by atoms with Crippen LogP contribution < -0.4 is 0 Å². The Labute approximate surface area is 184 Å². The standard InChI is InChI=1S/C24H30N2O4S/c1-24(2,26(23(27)28)22-16-25-14-12-19(22)13-15-25)20-8-4-17(5-9-20)18-6-10-21(11-7-18)31(3,29)30/h4-11,19,22H,12-16H2,1-3H3,(H,27,28). The van der Waals surface area contributed by atoms with Gasteiger partial charge in [-0.1, -0.05) is 36.4 Å². The Morgan fingerprint density at radius 3 is 1.94 bits per heavy atom. The van der Waals surface area contributed by atoms with Gasteiger partial charge in [-0.15, -0.1) is 0 Å². The van der Waals surface area contributed by atoms with Gasteiger partial charge in [0.2, 0.25) is 0 Å². The normalized spacial score (nSPS) is 23.5. The maximum absolute atomic E-state index is 12.4. The molecule has 0 spiro atoms. The number of carbonyl (C=O) groups is 1. The summed E-state index contributed by atoms with van der Waals surface area (Å²) < 4.78 is 23.4. The van der Waals surface area contributed by atoms with Crippen LogP contribution in [0.3, 0.4) is 0 Å². The molecule has 31 heavy (non-hydrogen) atoms. The molecule has 3 fully saturated rings. The summed E-state index contributed by atoms with van der Waals surface area (Å²) in [7, 11) is -3.22. The maximum atomic E-state index is 12.4. The minimum Gasteiger partial charge on any atom is -0.465 e. The highest BCUT2D eigenvalue weighted by Gasteiger charge is 2.45. The van der Waals surface area contributed by atoms with Crippen LogP contribution in [0.25, 0.3) is 11.1 Å². The van der Waals surface area contributed by atoms with Crippen LogP contribution in [0.5, 0.6) is 0 Å². The first-order valence-corrected chi connectivity index (χ1v) is 12.6. The number of hydrogen-bond acceptors (Lipinski definition) is 4. The Kier molecular flexibility index (Phi) is 5.60. The molecule has 3 aliphatic heterocycles. The average molecular weight is 443 g/mol. The van der Waals surface area contributed by atoms with Crippen molar-refractivity contribution in [3.8, 4) is 11.1 Å². The summed E-state index contributed by atoms with van der Waals surface area (Å²) in [5, 5.41) is 10.1. The third-order valence-corrected chi connectivity index (χ3v) is 8.10. The molecule has 2 aromatic rings. The number of hydrogen-bond donors (Lipinski definition) is 1. The summed E-state index contributed by atoms with van der Waals surface area (Å²) in [4.78, 5) is 16.7. The molecule has 3 heterocycles. The van der Waals surface area contributed by atoms with Gasteiger partial charge in [0.25, 0.3) is 0 Å². The Balaban J connectivity index is 1.60. The van der Waals surface area contributed by atoms with Crippen molar-refractivity contribution in [2.45, 2.75) is 43.2 Å². The van der Waals surface area contributed by atoms with Gasteiger partial charge in [-0.3, -0.25) is 4.90 Å². The lowest BCUT2D eigenvalue weighted by Crippen LogP contribution is -2.62. The third-order valence-electron chi connectivity index (χ3n) is 6.97. The lowest BCUT2D eigenvalue weighted by molar-refractivity contribution is -0.0289. The van der Waals surface area contributed by atoms with Crippen LogP contribution in [-0.2, 0) is 15.4 Å². The highest BCUT2D eigenvalue weighted by atomic mass is 32.2. The van der Waals surface area contributed by atoms with E-state index in [-0.39, 0.29) is 6.04 Å². The first-order chi connectivity index (χ1) is 14.6. The Morgan fingerprint density at radius 1 is 1.00 bits per heavy atom. The van der Waals surface area contributed by atoms with Gasteiger partial charge in [-0.2, -0.15) is 0 Å². The van der Waals surface area contributed by atoms with Crippen molar-refractivity contribution in [3.05, 3.63) is 54.1 Å². The van der Waals surface area contributed by atoms with E-state index < -0.39 is 21.5 Å². The van der Waals surface area contributed by atoms with Gasteiger partial charge in [0.15, 0.2) is 9.84 Å². The molecule has 3 aliphatic rings. The smallest absolute Gasteiger partial charge is 0.408 e. The fraction of sp³-hybridized carbons (Fsp3) is 0.458. The summed E-state index contributed by atoms with van der Waals surface area (Å²) in [5.74, 6) is 0.424. The third kappa shape index (κ3) is 4.21. The van der Waals surface area contributed by atoms with E-state index in [1.807, 2.05) is 38.1 Å². The Morgan fingerprint density at radius 2 is 1.52 bits per heavy atom. The van der Waals surface area contributed by atoms with E-state index in [0.717, 1.165) is 49.2 Å². The molecule has 2 aromatic carbocycles. The number of sulfone groups is 1. The Bertz CT molecular complexity index is 1050. The molecule has 1 unspecified atom stereocenters. The molecule has 0 aromatic heterocycles. The molecule has 7 heteroatoms. The van der Waals surface area contributed by atoms with Crippen LogP contribution in [-0.4, -0.2) is 61.3 Å². The van der Waals surface area contributed by atoms with E-state index >= 15 is 0 Å². The van der Waals surface area contributed by atoms with E-state index in [1.165, 1.54) is 6.26 Å². The Hall–Kier alpha value is -2.38. The van der Waals surface area contributed by atoms with Crippen molar-refractivity contribution >= 4 is 15.9 Å². The predicted octanol–water partition coefficient (Wildman–Crippen LogP) is 4.07. The zero-order chi connectivity index (χ0) is 22.4. The summed E-state index contributed by atoms with van der Waals surface area (Å²) in [6.45, 7) is 6.91. The first-order valence-electron chi connectivity index (χ1n) is 10.7. The van der Waals surface area contributed by atoms with Crippen LogP contribution in [0, 0.1) is 5.92 Å². The van der Waals surface area contributed by atoms with E-state index in [9.17, 15) is 18.3 Å². The van der Waals surface area contributed by atoms with E-state index in [2.05, 4.69) is 4.90 Å². The van der Waals surface area contributed by atoms with Crippen LogP contribution >= 0.6 is 0 Å². The molecular weight excluding hydrogens is 412 g/mol. The number of piperidine rings is 3. The molecule has 3 saturated heterocycles. The average Bonchev–Trinajstić information content (AvgIpc) is 2.74. The highest BCUT2D eigenvalue weighted by molar-refractivity contribution is 7.90. The molecule has 166 valence electrons. The van der Waals surface area contributed by atoms with Gasteiger partial charge in [0.1, 0.15) is 0 Å². The number of fused-ring (bicyclic) bond motifs is 3. The second kappa shape index (κ2) is 7.95. The van der Waals surface area contributed by atoms with E-state index in [1.54, 1.807) is 29.2 Å². The molecular formula is C24H30N2O4S. The lowest BCUT2D eigenvalue weighted by Gasteiger charge is -2.52. The molecule has 1 atom stereocenters. The molecule has 1 N–H and O–H groups in total. The number of rotatable bonds is 5. The molecule has 2 bridgehead atoms. The monoisotopic (exact) mass is 442 g/mol. The minimum absolute atomic E-state index is 0.0122. The van der Waals surface area contributed by atoms with Gasteiger partial charge in [0, 0.05) is 12.8 Å². The van der Waals surface area contributed by atoms with Crippen LogP contribution in [0.15, 0.2) is 53.4 Å². The molecule has 0 aliphatic carbocycles. The molecule has 1 amide bonds. The summed E-state index contributed by atoms with van der Waals surface area (Å²) in [5.41, 5.74) is 2.17. The zero-order valence-corrected chi connectivity index (χ0v) is 19.1. The zero-order valence-electron chi connectivity index (χ0n) is 18.3. The fourth-order valence-electron chi connectivity index (χ4n) is 5.13. The second-order valence-electron chi connectivity index (χ2n) is 9.29. The first kappa shape index (κ1) is 21.8. The topological polar surface area (TPSA) is 77.9 Å². The van der Waals surface area contributed by atoms with Crippen LogP contribution in [0.2, 0.25) is 0 Å². The fourth-order valence-corrected chi connectivity index (χ4v) is 5.76. The van der Waals surface area contributed by atoms with Crippen molar-refractivity contribution in [3.63, 3.8) is 0 Å². The second-order valence-corrected chi connectivity index (χ2v) is 11.3. The lowest BCUT2D eigenvalue weighted by atomic mass is 9.80. The van der Waals surface area contributed by atoms with Crippen LogP contribution in [0.1, 0.15) is 32.3 Å². The van der Waals surface area contributed by atoms with Crippen molar-refractivity contribution in [1.29, 1.82) is 0 Å². The molecule has 0 radical (unpaired) electrons. The number of carboxylic acid groups (broad SMARTS) is 1. The maximum Gasteiger partial charge on any atom is 0.408 e. The van der Waals surface area contributed by atoms with E-state index in [4.69, 9.17) is 0 Å². The van der Waals surface area contributed by atoms with Crippen LogP contribution in [0.4, 0.5) is 4.79 Å². The quantitative estimate of drug-likeness (QED) is 0.755. The van der Waals surface area contributed by atoms with Crippen molar-refractivity contribution in [1.82, 2.24) is 9.80 Å². The largest absolute Gasteiger partial charge is 0.465 e. The number of amides is 1. The summed E-state index contributed by atoms with van der Waals surface area (Å²) in [6.07, 6.45) is 2.45. The summed E-state index contributed by atoms with van der Waals surface area (Å²) >= 11 is 0. The summed E-state index contributed by atoms with van der Waals surface area (Å²) in [6, 6.07) is 14.8. The van der Waals surface area contributed by atoms with Gasteiger partial charge in [0.05, 0.1) is 16.5 Å². The van der Waals surface area contributed by atoms with Crippen molar-refractivity contribution in [2.75, 3.05) is 25.9 Å². The van der Waals surface area contributed by atoms with Gasteiger partial charge >= 0.3 is 6.09 Å². The number of benzene rings is 2. The molecule has 6 nitrogen and oxygen atoms in total. The molecule has 0 saturated carbocycles. The SMILES string of the molecule is CC(C)(c1ccc(-c2ccc(S(C)(=O)=O)cc2)cc1)N(C(=O)O)C1CN2CCC1CC2. The minimum atomic E-state index is -3.22.